The number of H-pyrrole nitrogens is 1. The first-order valence-electron chi connectivity index (χ1n) is 8.00. The van der Waals surface area contributed by atoms with Crippen LogP contribution in [-0.4, -0.2) is 33.9 Å². The van der Waals surface area contributed by atoms with Crippen molar-refractivity contribution < 1.29 is 14.6 Å². The molecule has 0 bridgehead atoms. The number of aromatic nitrogens is 2. The smallest absolute Gasteiger partial charge is 0.303 e. The van der Waals surface area contributed by atoms with Crippen molar-refractivity contribution in [3.63, 3.8) is 0 Å². The van der Waals surface area contributed by atoms with Crippen LogP contribution >= 0.6 is 23.1 Å². The first kappa shape index (κ1) is 18.5. The van der Waals surface area contributed by atoms with E-state index < -0.39 is 5.97 Å². The van der Waals surface area contributed by atoms with Crippen molar-refractivity contribution in [1.82, 2.24) is 9.97 Å². The minimum Gasteiger partial charge on any atom is -0.496 e. The minimum atomic E-state index is -0.819. The maximum atomic E-state index is 12.6. The molecule has 0 saturated carbocycles. The van der Waals surface area contributed by atoms with Crippen LogP contribution in [0, 0.1) is 6.92 Å². The molecule has 3 aromatic rings. The van der Waals surface area contributed by atoms with Crippen molar-refractivity contribution in [1.29, 1.82) is 0 Å². The zero-order chi connectivity index (χ0) is 18.7. The molecule has 8 heteroatoms. The highest BCUT2D eigenvalue weighted by Gasteiger charge is 2.14. The van der Waals surface area contributed by atoms with Crippen LogP contribution in [0.5, 0.6) is 5.75 Å². The predicted octanol–water partition coefficient (Wildman–Crippen LogP) is 3.93. The molecular formula is C18H18N2O4S2. The van der Waals surface area contributed by atoms with Gasteiger partial charge in [-0.2, -0.15) is 0 Å². The molecule has 0 aliphatic rings. The van der Waals surface area contributed by atoms with Crippen molar-refractivity contribution in [2.45, 2.75) is 24.9 Å². The largest absolute Gasteiger partial charge is 0.496 e. The number of hydrogen-bond donors (Lipinski definition) is 2. The van der Waals surface area contributed by atoms with Gasteiger partial charge in [-0.05, 0) is 36.6 Å². The summed E-state index contributed by atoms with van der Waals surface area (Å²) >= 11 is 2.79. The van der Waals surface area contributed by atoms with Crippen LogP contribution in [0.25, 0.3) is 21.3 Å². The van der Waals surface area contributed by atoms with Gasteiger partial charge in [0.1, 0.15) is 10.6 Å². The fraction of sp³-hybridized carbons (Fsp3) is 0.278. The van der Waals surface area contributed by atoms with E-state index in [1.165, 1.54) is 23.1 Å². The normalized spacial score (nSPS) is 11.0. The zero-order valence-corrected chi connectivity index (χ0v) is 16.0. The third-order valence-corrected chi connectivity index (χ3v) is 5.73. The summed E-state index contributed by atoms with van der Waals surface area (Å²) in [5.74, 6) is 0.581. The Hall–Kier alpha value is -2.32. The third-order valence-electron chi connectivity index (χ3n) is 3.90. The van der Waals surface area contributed by atoms with E-state index in [9.17, 15) is 9.59 Å². The molecule has 2 aromatic heterocycles. The van der Waals surface area contributed by atoms with E-state index in [-0.39, 0.29) is 12.0 Å². The van der Waals surface area contributed by atoms with Gasteiger partial charge in [0.25, 0.3) is 5.56 Å². The lowest BCUT2D eigenvalue weighted by molar-refractivity contribution is -0.137. The molecule has 0 saturated heterocycles. The number of hydrogen-bond acceptors (Lipinski definition) is 6. The molecule has 0 spiro atoms. The molecule has 26 heavy (non-hydrogen) atoms. The molecule has 2 heterocycles. The summed E-state index contributed by atoms with van der Waals surface area (Å²) in [5.41, 5.74) is 2.62. The van der Waals surface area contributed by atoms with E-state index in [0.717, 1.165) is 22.4 Å². The number of methoxy groups -OCH3 is 1. The summed E-state index contributed by atoms with van der Waals surface area (Å²) in [6.45, 7) is 1.96. The van der Waals surface area contributed by atoms with E-state index in [1.807, 2.05) is 30.5 Å². The number of carboxylic acid groups (broad SMARTS) is 1. The summed E-state index contributed by atoms with van der Waals surface area (Å²) in [6, 6.07) is 5.82. The van der Waals surface area contributed by atoms with Gasteiger partial charge in [-0.15, -0.1) is 11.3 Å². The number of nitrogens with zero attached hydrogens (tertiary/aromatic N) is 1. The van der Waals surface area contributed by atoms with Gasteiger partial charge in [0, 0.05) is 23.1 Å². The van der Waals surface area contributed by atoms with E-state index in [4.69, 9.17) is 9.84 Å². The van der Waals surface area contributed by atoms with E-state index in [1.54, 1.807) is 7.11 Å². The number of rotatable bonds is 7. The molecule has 0 unspecified atom stereocenters. The number of benzene rings is 1. The highest BCUT2D eigenvalue weighted by atomic mass is 32.2. The van der Waals surface area contributed by atoms with Gasteiger partial charge < -0.3 is 14.8 Å². The molecule has 136 valence electrons. The SMILES string of the molecule is COc1ccc(-c2csc3nc(SCCCC(=O)O)[nH]c(=O)c23)cc1C. The maximum absolute atomic E-state index is 12.6. The molecule has 0 aliphatic carbocycles. The van der Waals surface area contributed by atoms with E-state index in [0.29, 0.717) is 27.5 Å². The summed E-state index contributed by atoms with van der Waals surface area (Å²) in [5, 5.41) is 11.7. The van der Waals surface area contributed by atoms with E-state index in [2.05, 4.69) is 9.97 Å². The van der Waals surface area contributed by atoms with Gasteiger partial charge >= 0.3 is 5.97 Å². The van der Waals surface area contributed by atoms with Gasteiger partial charge in [-0.1, -0.05) is 17.8 Å². The van der Waals surface area contributed by atoms with Crippen molar-refractivity contribution >= 4 is 39.3 Å². The number of fused-ring (bicyclic) bond motifs is 1. The Bertz CT molecular complexity index is 1010. The molecule has 2 N–H and O–H groups in total. The van der Waals surface area contributed by atoms with Crippen LogP contribution in [0.4, 0.5) is 0 Å². The van der Waals surface area contributed by atoms with Crippen LogP contribution in [0.2, 0.25) is 0 Å². The lowest BCUT2D eigenvalue weighted by atomic mass is 10.0. The van der Waals surface area contributed by atoms with Crippen molar-refractivity contribution in [2.75, 3.05) is 12.9 Å². The van der Waals surface area contributed by atoms with Gasteiger partial charge in [-0.3, -0.25) is 9.59 Å². The number of aryl methyl sites for hydroxylation is 1. The topological polar surface area (TPSA) is 92.3 Å². The Morgan fingerprint density at radius 3 is 2.92 bits per heavy atom. The lowest BCUT2D eigenvalue weighted by Gasteiger charge is -2.07. The average Bonchev–Trinajstić information content (AvgIpc) is 3.03. The average molecular weight is 390 g/mol. The molecule has 0 radical (unpaired) electrons. The van der Waals surface area contributed by atoms with Gasteiger partial charge in [0.15, 0.2) is 5.16 Å². The fourth-order valence-electron chi connectivity index (χ4n) is 2.65. The Kier molecular flexibility index (Phi) is 5.63. The second-order valence-electron chi connectivity index (χ2n) is 5.73. The first-order valence-corrected chi connectivity index (χ1v) is 9.87. The molecule has 3 rings (SSSR count). The number of carboxylic acids is 1. The van der Waals surface area contributed by atoms with Crippen LogP contribution < -0.4 is 10.3 Å². The van der Waals surface area contributed by atoms with E-state index >= 15 is 0 Å². The minimum absolute atomic E-state index is 0.111. The summed E-state index contributed by atoms with van der Waals surface area (Å²) in [7, 11) is 1.63. The highest BCUT2D eigenvalue weighted by Crippen LogP contribution is 2.33. The Balaban J connectivity index is 1.89. The molecule has 0 aliphatic heterocycles. The number of ether oxygens (including phenoxy) is 1. The predicted molar refractivity (Wildman–Crippen MR) is 105 cm³/mol. The number of nitrogens with one attached hydrogen (secondary N) is 1. The number of thioether (sulfide) groups is 1. The standard InChI is InChI=1S/C18H18N2O4S2/c1-10-8-11(5-6-13(10)24-2)12-9-26-17-15(12)16(23)19-18(20-17)25-7-3-4-14(21)22/h5-6,8-9H,3-4,7H2,1-2H3,(H,21,22)(H,19,20,23). The Morgan fingerprint density at radius 1 is 1.42 bits per heavy atom. The Labute approximate surface area is 158 Å². The highest BCUT2D eigenvalue weighted by molar-refractivity contribution is 7.99. The second-order valence-corrected chi connectivity index (χ2v) is 7.67. The summed E-state index contributed by atoms with van der Waals surface area (Å²) in [4.78, 5) is 31.1. The monoisotopic (exact) mass is 390 g/mol. The van der Waals surface area contributed by atoms with Crippen LogP contribution in [-0.2, 0) is 4.79 Å². The summed E-state index contributed by atoms with van der Waals surface area (Å²) in [6.07, 6.45) is 0.641. The van der Waals surface area contributed by atoms with Gasteiger partial charge in [0.2, 0.25) is 0 Å². The first-order chi connectivity index (χ1) is 12.5. The van der Waals surface area contributed by atoms with Gasteiger partial charge in [0.05, 0.1) is 12.5 Å². The van der Waals surface area contributed by atoms with Crippen molar-refractivity contribution in [3.05, 3.63) is 39.5 Å². The van der Waals surface area contributed by atoms with Crippen LogP contribution in [0.15, 0.2) is 33.5 Å². The number of carbonyl (C=O) groups is 1. The summed E-state index contributed by atoms with van der Waals surface area (Å²) < 4.78 is 5.29. The number of thiophene rings is 1. The van der Waals surface area contributed by atoms with Crippen LogP contribution in [0.3, 0.4) is 0 Å². The van der Waals surface area contributed by atoms with Crippen LogP contribution in [0.1, 0.15) is 18.4 Å². The molecule has 0 fully saturated rings. The second kappa shape index (κ2) is 7.92. The fourth-order valence-corrected chi connectivity index (χ4v) is 4.46. The maximum Gasteiger partial charge on any atom is 0.303 e. The molecule has 0 atom stereocenters. The quantitative estimate of drug-likeness (QED) is 0.361. The molecule has 0 amide bonds. The zero-order valence-electron chi connectivity index (χ0n) is 14.4. The third kappa shape index (κ3) is 3.91. The van der Waals surface area contributed by atoms with Crippen molar-refractivity contribution in [3.8, 4) is 16.9 Å². The molecule has 1 aromatic carbocycles. The lowest BCUT2D eigenvalue weighted by Crippen LogP contribution is -2.09. The molecule has 6 nitrogen and oxygen atoms in total. The molecular weight excluding hydrogens is 372 g/mol. The number of aromatic amines is 1. The van der Waals surface area contributed by atoms with Crippen molar-refractivity contribution in [2.24, 2.45) is 0 Å². The number of aliphatic carboxylic acids is 1. The van der Waals surface area contributed by atoms with Gasteiger partial charge in [-0.25, -0.2) is 4.98 Å². The Morgan fingerprint density at radius 2 is 2.23 bits per heavy atom.